The summed E-state index contributed by atoms with van der Waals surface area (Å²) in [6.45, 7) is 20.0. The number of benzene rings is 1. The van der Waals surface area contributed by atoms with E-state index in [1.165, 1.54) is 5.57 Å². The number of hydrogen-bond donors (Lipinski definition) is 3. The fraction of sp³-hybridized carbons (Fsp3) is 0.694. The second kappa shape index (κ2) is 9.53. The number of ether oxygens (including phenoxy) is 1. The smallest absolute Gasteiger partial charge is 0.338 e. The van der Waals surface area contributed by atoms with Gasteiger partial charge in [-0.2, -0.15) is 0 Å². The van der Waals surface area contributed by atoms with Crippen LogP contribution in [0.15, 0.2) is 54.6 Å². The Labute approximate surface area is 246 Å². The van der Waals surface area contributed by atoms with Crippen LogP contribution in [0.4, 0.5) is 0 Å². The van der Waals surface area contributed by atoms with Gasteiger partial charge in [-0.25, -0.2) is 4.79 Å². The number of hydrogen-bond acceptors (Lipinski definition) is 5. The van der Waals surface area contributed by atoms with Crippen molar-refractivity contribution in [3.63, 3.8) is 0 Å². The highest BCUT2D eigenvalue weighted by Crippen LogP contribution is 2.77. The maximum atomic E-state index is 13.7. The Morgan fingerprint density at radius 1 is 0.951 bits per heavy atom. The third-order valence-electron chi connectivity index (χ3n) is 13.9. The molecule has 6 rings (SSSR count). The van der Waals surface area contributed by atoms with E-state index in [4.69, 9.17) is 4.74 Å². The molecule has 41 heavy (non-hydrogen) atoms. The minimum Gasteiger partial charge on any atom is -0.455 e. The second-order valence-corrected chi connectivity index (χ2v) is 15.5. The first-order valence-corrected chi connectivity index (χ1v) is 15.9. The second-order valence-electron chi connectivity index (χ2n) is 15.5. The monoisotopic (exact) mass is 562 g/mol. The molecule has 224 valence electrons. The highest BCUT2D eigenvalue weighted by Gasteiger charge is 2.76. The maximum absolute atomic E-state index is 13.7. The lowest BCUT2D eigenvalue weighted by Gasteiger charge is -2.74. The molecular weight excluding hydrogens is 512 g/mol. The van der Waals surface area contributed by atoms with Crippen LogP contribution in [0.3, 0.4) is 0 Å². The molecule has 0 aromatic heterocycles. The average molecular weight is 563 g/mol. The van der Waals surface area contributed by atoms with Crippen LogP contribution >= 0.6 is 0 Å². The van der Waals surface area contributed by atoms with Crippen molar-refractivity contribution in [2.24, 2.45) is 51.2 Å². The molecule has 5 heteroatoms. The van der Waals surface area contributed by atoms with Crippen molar-refractivity contribution in [1.82, 2.24) is 0 Å². The molecule has 5 nitrogen and oxygen atoms in total. The lowest BCUT2D eigenvalue weighted by molar-refractivity contribution is -0.313. The van der Waals surface area contributed by atoms with Crippen molar-refractivity contribution < 1.29 is 24.9 Å². The summed E-state index contributed by atoms with van der Waals surface area (Å²) in [6, 6.07) is 8.99. The molecular formula is C36H50O5. The highest BCUT2D eigenvalue weighted by atomic mass is 16.6. The van der Waals surface area contributed by atoms with E-state index in [9.17, 15) is 20.1 Å². The summed E-state index contributed by atoms with van der Waals surface area (Å²) in [5, 5.41) is 35.5. The van der Waals surface area contributed by atoms with Gasteiger partial charge in [-0.3, -0.25) is 0 Å². The molecule has 1 aromatic carbocycles. The van der Waals surface area contributed by atoms with Crippen molar-refractivity contribution in [3.8, 4) is 0 Å². The zero-order valence-electron chi connectivity index (χ0n) is 25.6. The van der Waals surface area contributed by atoms with Crippen molar-refractivity contribution >= 4 is 5.97 Å². The maximum Gasteiger partial charge on any atom is 0.338 e. The van der Waals surface area contributed by atoms with E-state index in [1.54, 1.807) is 12.1 Å². The minimum atomic E-state index is -1.03. The molecule has 5 fully saturated rings. The van der Waals surface area contributed by atoms with E-state index >= 15 is 0 Å². The Hall–Kier alpha value is -1.95. The van der Waals surface area contributed by atoms with Gasteiger partial charge in [0.05, 0.1) is 23.9 Å². The molecule has 0 unspecified atom stereocenters. The van der Waals surface area contributed by atoms with Crippen LogP contribution in [0.25, 0.3) is 0 Å². The molecule has 0 aliphatic heterocycles. The van der Waals surface area contributed by atoms with E-state index in [2.05, 4.69) is 47.8 Å². The van der Waals surface area contributed by atoms with Crippen molar-refractivity contribution in [3.05, 3.63) is 60.2 Å². The van der Waals surface area contributed by atoms with Gasteiger partial charge in [-0.15, -0.1) is 0 Å². The number of aliphatic hydroxyl groups excluding tert-OH is 3. The van der Waals surface area contributed by atoms with Gasteiger partial charge in [0, 0.05) is 17.3 Å². The third kappa shape index (κ3) is 3.74. The molecule has 5 saturated carbocycles. The Bertz CT molecular complexity index is 1240. The molecule has 0 heterocycles. The first-order chi connectivity index (χ1) is 19.2. The molecule has 0 spiro atoms. The number of fused-ring (bicyclic) bond motifs is 7. The first kappa shape index (κ1) is 29.1. The summed E-state index contributed by atoms with van der Waals surface area (Å²) >= 11 is 0. The van der Waals surface area contributed by atoms with Gasteiger partial charge >= 0.3 is 5.97 Å². The lowest BCUT2D eigenvalue weighted by Crippen LogP contribution is -2.76. The van der Waals surface area contributed by atoms with Crippen LogP contribution in [0, 0.1) is 51.2 Å². The van der Waals surface area contributed by atoms with Gasteiger partial charge in [0.25, 0.3) is 0 Å². The Morgan fingerprint density at radius 2 is 1.61 bits per heavy atom. The van der Waals surface area contributed by atoms with Crippen LogP contribution in [-0.4, -0.2) is 45.7 Å². The number of esters is 1. The minimum absolute atomic E-state index is 0.0363. The predicted octanol–water partition coefficient (Wildman–Crippen LogP) is 6.33. The first-order valence-electron chi connectivity index (χ1n) is 15.9. The van der Waals surface area contributed by atoms with E-state index in [0.717, 1.165) is 25.7 Å². The molecule has 1 aromatic rings. The lowest BCUT2D eigenvalue weighted by atomic mass is 9.31. The molecule has 5 aliphatic carbocycles. The largest absolute Gasteiger partial charge is 0.455 e. The zero-order chi connectivity index (χ0) is 29.7. The Kier molecular flexibility index (Phi) is 6.77. The van der Waals surface area contributed by atoms with Crippen LogP contribution in [-0.2, 0) is 4.74 Å². The van der Waals surface area contributed by atoms with Gasteiger partial charge in [0.1, 0.15) is 6.10 Å². The normalized spacial score (nSPS) is 50.6. The molecule has 0 amide bonds. The highest BCUT2D eigenvalue weighted by molar-refractivity contribution is 5.89. The summed E-state index contributed by atoms with van der Waals surface area (Å²) < 4.78 is 6.47. The van der Waals surface area contributed by atoms with E-state index in [1.807, 2.05) is 18.2 Å². The van der Waals surface area contributed by atoms with Crippen LogP contribution < -0.4 is 0 Å². The summed E-state index contributed by atoms with van der Waals surface area (Å²) in [7, 11) is 0. The predicted molar refractivity (Wildman–Crippen MR) is 160 cm³/mol. The van der Waals surface area contributed by atoms with Crippen LogP contribution in [0.5, 0.6) is 0 Å². The molecule has 5 aliphatic rings. The molecule has 0 bridgehead atoms. The summed E-state index contributed by atoms with van der Waals surface area (Å²) in [4.78, 5) is 13.7. The standard InChI is InChI=1S/C36H50O5/c1-20(2)23-13-16-33(4)24(23)14-18-35(6)27(33)19-26(38)30-34(5)17-15-25(37)21(3)28(34)29(39)31(36(30,35)7)41-32(40)22-11-9-8-10-12-22/h8-12,23-31,37-39H,1,3,13-19H2,2,4-7H3/t23-,24-,25-,26+,27+,28+,29-,30+,31-,33-,34-,35+,36-/m0/s1. The van der Waals surface area contributed by atoms with Crippen LogP contribution in [0.2, 0.25) is 0 Å². The molecule has 3 N–H and O–H groups in total. The fourth-order valence-electron chi connectivity index (χ4n) is 12.0. The average Bonchev–Trinajstić information content (AvgIpc) is 3.28. The number of allylic oxidation sites excluding steroid dienone is 1. The fourth-order valence-corrected chi connectivity index (χ4v) is 12.0. The van der Waals surface area contributed by atoms with E-state index in [0.29, 0.717) is 42.2 Å². The van der Waals surface area contributed by atoms with Gasteiger partial charge in [0.2, 0.25) is 0 Å². The quantitative estimate of drug-likeness (QED) is 0.296. The number of carbonyl (C=O) groups excluding carboxylic acids is 1. The molecule has 13 atom stereocenters. The van der Waals surface area contributed by atoms with E-state index < -0.39 is 47.1 Å². The zero-order valence-corrected chi connectivity index (χ0v) is 25.6. The summed E-state index contributed by atoms with van der Waals surface area (Å²) in [6.07, 6.45) is 3.01. The van der Waals surface area contributed by atoms with Crippen molar-refractivity contribution in [2.75, 3.05) is 0 Å². The topological polar surface area (TPSA) is 87.0 Å². The number of carbonyl (C=O) groups is 1. The van der Waals surface area contributed by atoms with E-state index in [-0.39, 0.29) is 22.7 Å². The Balaban J connectivity index is 1.51. The third-order valence-corrected chi connectivity index (χ3v) is 13.9. The van der Waals surface area contributed by atoms with Gasteiger partial charge < -0.3 is 20.1 Å². The summed E-state index contributed by atoms with van der Waals surface area (Å²) in [5.74, 6) is 0.0959. The van der Waals surface area contributed by atoms with Crippen molar-refractivity contribution in [2.45, 2.75) is 104 Å². The van der Waals surface area contributed by atoms with Gasteiger partial charge in [-0.05, 0) is 104 Å². The van der Waals surface area contributed by atoms with Gasteiger partial charge in [-0.1, -0.05) is 64.6 Å². The number of rotatable bonds is 3. The number of aliphatic hydroxyl groups is 3. The Morgan fingerprint density at radius 3 is 2.27 bits per heavy atom. The SMILES string of the molecule is C=C1[C@@H]2[C@H](O)[C@H](OC(=O)c3ccccc3)[C@]3(C)[C@H]([C@H](O)C[C@@H]4[C@@]5(C)CC[C@@H](C(=C)C)[C@@H]5CC[C@]43C)[C@@]2(C)CC[C@@H]1O. The molecule has 0 radical (unpaired) electrons. The van der Waals surface area contributed by atoms with Crippen molar-refractivity contribution in [1.29, 1.82) is 0 Å². The molecule has 0 saturated heterocycles. The van der Waals surface area contributed by atoms with Gasteiger partial charge in [0.15, 0.2) is 0 Å². The van der Waals surface area contributed by atoms with Crippen LogP contribution in [0.1, 0.15) is 89.9 Å². The summed E-state index contributed by atoms with van der Waals surface area (Å²) in [5.41, 5.74) is 0.895.